The van der Waals surface area contributed by atoms with Crippen LogP contribution in [-0.2, 0) is 4.79 Å². The quantitative estimate of drug-likeness (QED) is 0.705. The molecule has 0 radical (unpaired) electrons. The van der Waals surface area contributed by atoms with Crippen molar-refractivity contribution in [1.82, 2.24) is 4.90 Å². The normalized spacial score (nSPS) is 21.9. The van der Waals surface area contributed by atoms with Crippen LogP contribution in [0.3, 0.4) is 0 Å². The molecular formula is C11H18N2OS. The summed E-state index contributed by atoms with van der Waals surface area (Å²) in [7, 11) is 0. The lowest BCUT2D eigenvalue weighted by Crippen LogP contribution is -2.51. The zero-order valence-electron chi connectivity index (χ0n) is 9.32. The maximum Gasteiger partial charge on any atom is 0.240 e. The molecule has 0 aromatic carbocycles. The molecule has 84 valence electrons. The number of nitrogens with two attached hydrogens (primary N) is 1. The molecule has 1 fully saturated rings. The van der Waals surface area contributed by atoms with Crippen LogP contribution in [0.4, 0.5) is 0 Å². The first-order valence-corrected chi connectivity index (χ1v) is 6.06. The Kier molecular flexibility index (Phi) is 4.06. The summed E-state index contributed by atoms with van der Waals surface area (Å²) in [6.07, 6.45) is 5.47. The third kappa shape index (κ3) is 3.44. The Morgan fingerprint density at radius 1 is 1.73 bits per heavy atom. The molecule has 1 aliphatic rings. The SMILES string of the molecule is C#CCC(N)C(=O)N1CCSC(C)(C)C1. The Hall–Kier alpha value is -0.660. The summed E-state index contributed by atoms with van der Waals surface area (Å²) in [5.74, 6) is 3.39. The van der Waals surface area contributed by atoms with Gasteiger partial charge in [-0.1, -0.05) is 0 Å². The Bertz CT molecular complexity index is 283. The zero-order valence-corrected chi connectivity index (χ0v) is 10.1. The summed E-state index contributed by atoms with van der Waals surface area (Å²) in [6.45, 7) is 5.83. The number of rotatable bonds is 2. The van der Waals surface area contributed by atoms with Gasteiger partial charge in [-0.05, 0) is 13.8 Å². The summed E-state index contributed by atoms with van der Waals surface area (Å²) < 4.78 is 0.129. The van der Waals surface area contributed by atoms with Crippen molar-refractivity contribution in [3.63, 3.8) is 0 Å². The van der Waals surface area contributed by atoms with E-state index >= 15 is 0 Å². The van der Waals surface area contributed by atoms with Crippen LogP contribution in [0.25, 0.3) is 0 Å². The monoisotopic (exact) mass is 226 g/mol. The van der Waals surface area contributed by atoms with Crippen LogP contribution in [0, 0.1) is 12.3 Å². The molecule has 3 nitrogen and oxygen atoms in total. The highest BCUT2D eigenvalue weighted by molar-refractivity contribution is 8.00. The smallest absolute Gasteiger partial charge is 0.240 e. The first-order valence-electron chi connectivity index (χ1n) is 5.08. The summed E-state index contributed by atoms with van der Waals surface area (Å²) in [4.78, 5) is 13.7. The lowest BCUT2D eigenvalue weighted by molar-refractivity contribution is -0.132. The first-order chi connectivity index (χ1) is 6.96. The maximum atomic E-state index is 11.9. The van der Waals surface area contributed by atoms with E-state index in [9.17, 15) is 4.79 Å². The van der Waals surface area contributed by atoms with Crippen LogP contribution < -0.4 is 5.73 Å². The molecule has 1 amide bonds. The molecule has 1 aliphatic heterocycles. The number of carbonyl (C=O) groups excluding carboxylic acids is 1. The lowest BCUT2D eigenvalue weighted by atomic mass is 10.1. The first kappa shape index (κ1) is 12.4. The van der Waals surface area contributed by atoms with E-state index in [0.29, 0.717) is 6.42 Å². The number of hydrogen-bond acceptors (Lipinski definition) is 3. The average Bonchev–Trinajstić information content (AvgIpc) is 2.15. The fourth-order valence-corrected chi connectivity index (χ4v) is 2.76. The number of terminal acetylenes is 1. The Morgan fingerprint density at radius 3 is 2.93 bits per heavy atom. The minimum Gasteiger partial charge on any atom is -0.339 e. The van der Waals surface area contributed by atoms with Gasteiger partial charge in [0.25, 0.3) is 0 Å². The molecular weight excluding hydrogens is 208 g/mol. The average molecular weight is 226 g/mol. The highest BCUT2D eigenvalue weighted by Crippen LogP contribution is 2.29. The summed E-state index contributed by atoms with van der Waals surface area (Å²) in [6, 6.07) is -0.533. The molecule has 0 aliphatic carbocycles. The molecule has 0 aromatic rings. The Morgan fingerprint density at radius 2 is 2.40 bits per heavy atom. The molecule has 1 heterocycles. The minimum atomic E-state index is -0.533. The third-order valence-electron chi connectivity index (χ3n) is 2.39. The number of amides is 1. The number of carbonyl (C=O) groups is 1. The van der Waals surface area contributed by atoms with E-state index < -0.39 is 6.04 Å². The topological polar surface area (TPSA) is 46.3 Å². The van der Waals surface area contributed by atoms with Crippen molar-refractivity contribution < 1.29 is 4.79 Å². The second-order valence-electron chi connectivity index (χ2n) is 4.38. The highest BCUT2D eigenvalue weighted by Gasteiger charge is 2.31. The molecule has 0 aromatic heterocycles. The van der Waals surface area contributed by atoms with Crippen molar-refractivity contribution in [2.45, 2.75) is 31.1 Å². The van der Waals surface area contributed by atoms with Gasteiger partial charge in [-0.2, -0.15) is 11.8 Å². The molecule has 2 N–H and O–H groups in total. The van der Waals surface area contributed by atoms with Gasteiger partial charge in [-0.25, -0.2) is 0 Å². The zero-order chi connectivity index (χ0) is 11.5. The van der Waals surface area contributed by atoms with Crippen molar-refractivity contribution in [3.8, 4) is 12.3 Å². The minimum absolute atomic E-state index is 0.0127. The predicted octanol–water partition coefficient (Wildman–Crippen LogP) is 0.691. The standard InChI is InChI=1S/C11H18N2OS/c1-4-5-9(12)10(14)13-6-7-15-11(2,3)8-13/h1,9H,5-8,12H2,2-3H3. The maximum absolute atomic E-state index is 11.9. The molecule has 1 saturated heterocycles. The summed E-state index contributed by atoms with van der Waals surface area (Å²) in [5.41, 5.74) is 5.71. The van der Waals surface area contributed by atoms with Crippen molar-refractivity contribution in [3.05, 3.63) is 0 Å². The van der Waals surface area contributed by atoms with Crippen LogP contribution in [0.15, 0.2) is 0 Å². The van der Waals surface area contributed by atoms with Crippen LogP contribution >= 0.6 is 11.8 Å². The molecule has 4 heteroatoms. The third-order valence-corrected chi connectivity index (χ3v) is 3.69. The Balaban J connectivity index is 2.57. The summed E-state index contributed by atoms with van der Waals surface area (Å²) in [5, 5.41) is 0. The van der Waals surface area contributed by atoms with Gasteiger partial charge in [-0.3, -0.25) is 4.79 Å². The fourth-order valence-electron chi connectivity index (χ4n) is 1.65. The van der Waals surface area contributed by atoms with Crippen LogP contribution in [0.1, 0.15) is 20.3 Å². The Labute approximate surface area is 95.8 Å². The van der Waals surface area contributed by atoms with Gasteiger partial charge in [0, 0.05) is 30.0 Å². The van der Waals surface area contributed by atoms with Crippen molar-refractivity contribution in [1.29, 1.82) is 0 Å². The van der Waals surface area contributed by atoms with Crippen LogP contribution in [-0.4, -0.2) is 40.4 Å². The highest BCUT2D eigenvalue weighted by atomic mass is 32.2. The van der Waals surface area contributed by atoms with Gasteiger partial charge in [0.1, 0.15) is 0 Å². The van der Waals surface area contributed by atoms with Gasteiger partial charge in [0.15, 0.2) is 0 Å². The number of hydrogen-bond donors (Lipinski definition) is 1. The second kappa shape index (κ2) is 4.91. The van der Waals surface area contributed by atoms with Crippen molar-refractivity contribution in [2.75, 3.05) is 18.8 Å². The van der Waals surface area contributed by atoms with Gasteiger partial charge in [-0.15, -0.1) is 12.3 Å². The summed E-state index contributed by atoms with van der Waals surface area (Å²) >= 11 is 1.89. The molecule has 0 saturated carbocycles. The van der Waals surface area contributed by atoms with Gasteiger partial charge >= 0.3 is 0 Å². The van der Waals surface area contributed by atoms with Gasteiger partial charge in [0.2, 0.25) is 5.91 Å². The second-order valence-corrected chi connectivity index (χ2v) is 6.18. The number of nitrogens with zero attached hydrogens (tertiary/aromatic N) is 1. The van der Waals surface area contributed by atoms with E-state index in [-0.39, 0.29) is 10.7 Å². The van der Waals surface area contributed by atoms with E-state index in [1.165, 1.54) is 0 Å². The molecule has 1 unspecified atom stereocenters. The molecule has 0 spiro atoms. The van der Waals surface area contributed by atoms with E-state index in [0.717, 1.165) is 18.8 Å². The van der Waals surface area contributed by atoms with E-state index in [4.69, 9.17) is 12.2 Å². The van der Waals surface area contributed by atoms with Crippen LogP contribution in [0.2, 0.25) is 0 Å². The molecule has 1 atom stereocenters. The molecule has 0 bridgehead atoms. The van der Waals surface area contributed by atoms with E-state index in [1.54, 1.807) is 0 Å². The van der Waals surface area contributed by atoms with E-state index in [1.807, 2.05) is 16.7 Å². The largest absolute Gasteiger partial charge is 0.339 e. The number of thioether (sulfide) groups is 1. The van der Waals surface area contributed by atoms with Crippen LogP contribution in [0.5, 0.6) is 0 Å². The van der Waals surface area contributed by atoms with Gasteiger partial charge in [0.05, 0.1) is 6.04 Å². The lowest BCUT2D eigenvalue weighted by Gasteiger charge is -2.38. The predicted molar refractivity (Wildman–Crippen MR) is 64.5 cm³/mol. The van der Waals surface area contributed by atoms with Crippen molar-refractivity contribution in [2.24, 2.45) is 5.73 Å². The van der Waals surface area contributed by atoms with Gasteiger partial charge < -0.3 is 10.6 Å². The molecule has 15 heavy (non-hydrogen) atoms. The van der Waals surface area contributed by atoms with Crippen molar-refractivity contribution >= 4 is 17.7 Å². The molecule has 1 rings (SSSR count). The van der Waals surface area contributed by atoms with E-state index in [2.05, 4.69) is 19.8 Å². The fraction of sp³-hybridized carbons (Fsp3) is 0.727.